The van der Waals surface area contributed by atoms with Crippen LogP contribution in [0, 0.1) is 20.8 Å². The summed E-state index contributed by atoms with van der Waals surface area (Å²) in [4.78, 5) is 4.24. The van der Waals surface area contributed by atoms with E-state index in [9.17, 15) is 8.42 Å². The van der Waals surface area contributed by atoms with E-state index in [0.29, 0.717) is 11.2 Å². The predicted molar refractivity (Wildman–Crippen MR) is 107 cm³/mol. The molecule has 0 fully saturated rings. The van der Waals surface area contributed by atoms with E-state index in [2.05, 4.69) is 10.1 Å². The lowest BCUT2D eigenvalue weighted by molar-refractivity contribution is 0.465. The number of hydrogen-bond acceptors (Lipinski definition) is 5. The Hall–Kier alpha value is -3.19. The molecule has 0 radical (unpaired) electrons. The van der Waals surface area contributed by atoms with Crippen LogP contribution in [0.2, 0.25) is 0 Å². The van der Waals surface area contributed by atoms with Crippen molar-refractivity contribution >= 4 is 21.0 Å². The summed E-state index contributed by atoms with van der Waals surface area (Å²) < 4.78 is 33.1. The van der Waals surface area contributed by atoms with Gasteiger partial charge < -0.3 is 4.18 Å². The Morgan fingerprint density at radius 2 is 1.75 bits per heavy atom. The molecule has 2 aromatic heterocycles. The molecule has 0 N–H and O–H groups in total. The summed E-state index contributed by atoms with van der Waals surface area (Å²) in [6.07, 6.45) is 1.56. The van der Waals surface area contributed by atoms with Gasteiger partial charge in [-0.1, -0.05) is 35.9 Å². The Kier molecular flexibility index (Phi) is 4.39. The van der Waals surface area contributed by atoms with Gasteiger partial charge in [0.05, 0.1) is 16.9 Å². The Morgan fingerprint density at radius 3 is 2.54 bits per heavy atom. The average molecular weight is 393 g/mol. The summed E-state index contributed by atoms with van der Waals surface area (Å²) in [5.74, 6) is 0.136. The standard InChI is InChI=1S/C21H19N3O3S/c1-14-9-10-18(15(2)12-14)24-20(13-16(3)23-24)27-28(25,26)19-8-4-6-17-7-5-11-22-21(17)19/h4-13H,1-3H3. The van der Waals surface area contributed by atoms with Crippen molar-refractivity contribution in [2.45, 2.75) is 25.7 Å². The second kappa shape index (κ2) is 6.76. The van der Waals surface area contributed by atoms with Gasteiger partial charge in [0.2, 0.25) is 5.88 Å². The van der Waals surface area contributed by atoms with Crippen molar-refractivity contribution in [1.29, 1.82) is 0 Å². The fraction of sp³-hybridized carbons (Fsp3) is 0.143. The van der Waals surface area contributed by atoms with Gasteiger partial charge in [0, 0.05) is 17.6 Å². The zero-order chi connectivity index (χ0) is 19.9. The molecule has 28 heavy (non-hydrogen) atoms. The lowest BCUT2D eigenvalue weighted by Crippen LogP contribution is -2.14. The van der Waals surface area contributed by atoms with Crippen LogP contribution in [-0.4, -0.2) is 23.2 Å². The van der Waals surface area contributed by atoms with E-state index in [-0.39, 0.29) is 10.8 Å². The van der Waals surface area contributed by atoms with Gasteiger partial charge in [-0.3, -0.25) is 4.98 Å². The largest absolute Gasteiger partial charge is 0.358 e. The van der Waals surface area contributed by atoms with E-state index in [1.807, 2.05) is 44.2 Å². The third-order valence-corrected chi connectivity index (χ3v) is 5.70. The Labute approximate surface area is 163 Å². The minimum Gasteiger partial charge on any atom is -0.358 e. The molecule has 4 rings (SSSR count). The Balaban J connectivity index is 1.81. The quantitative estimate of drug-likeness (QED) is 0.488. The number of pyridine rings is 1. The molecule has 0 aliphatic carbocycles. The van der Waals surface area contributed by atoms with Crippen molar-refractivity contribution in [2.24, 2.45) is 0 Å². The number of nitrogens with zero attached hydrogens (tertiary/aromatic N) is 3. The first-order valence-corrected chi connectivity index (χ1v) is 10.2. The topological polar surface area (TPSA) is 74.1 Å². The van der Waals surface area contributed by atoms with Crippen LogP contribution in [0.4, 0.5) is 0 Å². The van der Waals surface area contributed by atoms with Crippen LogP contribution in [0.5, 0.6) is 5.88 Å². The molecule has 0 bridgehead atoms. The molecule has 0 atom stereocenters. The molecule has 0 aliphatic heterocycles. The summed E-state index contributed by atoms with van der Waals surface area (Å²) in [6, 6.07) is 16.0. The van der Waals surface area contributed by atoms with Gasteiger partial charge in [-0.05, 0) is 44.5 Å². The van der Waals surface area contributed by atoms with Crippen LogP contribution in [0.15, 0.2) is 65.7 Å². The molecule has 0 aliphatic rings. The highest BCUT2D eigenvalue weighted by Crippen LogP contribution is 2.28. The number of benzene rings is 2. The monoisotopic (exact) mass is 393 g/mol. The summed E-state index contributed by atoms with van der Waals surface area (Å²) in [5, 5.41) is 5.15. The van der Waals surface area contributed by atoms with Crippen molar-refractivity contribution in [2.75, 3.05) is 0 Å². The van der Waals surface area contributed by atoms with Crippen molar-refractivity contribution in [3.05, 3.63) is 77.6 Å². The second-order valence-corrected chi connectivity index (χ2v) is 8.21. The first-order chi connectivity index (χ1) is 13.3. The zero-order valence-corrected chi connectivity index (χ0v) is 16.6. The minimum absolute atomic E-state index is 0.0247. The predicted octanol–water partition coefficient (Wildman–Crippen LogP) is 4.11. The first-order valence-electron chi connectivity index (χ1n) is 8.78. The molecule has 0 saturated heterocycles. The lowest BCUT2D eigenvalue weighted by atomic mass is 10.1. The third-order valence-electron chi connectivity index (χ3n) is 4.44. The molecule has 6 nitrogen and oxygen atoms in total. The van der Waals surface area contributed by atoms with E-state index < -0.39 is 10.1 Å². The molecule has 0 saturated carbocycles. The molecule has 4 aromatic rings. The van der Waals surface area contributed by atoms with E-state index in [4.69, 9.17) is 4.18 Å². The van der Waals surface area contributed by atoms with Gasteiger partial charge in [-0.15, -0.1) is 0 Å². The molecule has 0 unspecified atom stereocenters. The van der Waals surface area contributed by atoms with Crippen LogP contribution in [0.3, 0.4) is 0 Å². The number of aryl methyl sites for hydroxylation is 3. The fourth-order valence-corrected chi connectivity index (χ4v) is 4.27. The molecule has 0 amide bonds. The minimum atomic E-state index is -4.10. The maximum absolute atomic E-state index is 13.0. The Bertz CT molecular complexity index is 1290. The maximum Gasteiger partial charge on any atom is 0.342 e. The molecule has 142 valence electrons. The highest BCUT2D eigenvalue weighted by atomic mass is 32.2. The second-order valence-electron chi connectivity index (χ2n) is 6.69. The van der Waals surface area contributed by atoms with Crippen LogP contribution >= 0.6 is 0 Å². The molecule has 7 heteroatoms. The highest BCUT2D eigenvalue weighted by Gasteiger charge is 2.23. The van der Waals surface area contributed by atoms with E-state index in [0.717, 1.165) is 22.2 Å². The van der Waals surface area contributed by atoms with Crippen LogP contribution < -0.4 is 4.18 Å². The van der Waals surface area contributed by atoms with E-state index >= 15 is 0 Å². The normalized spacial score (nSPS) is 11.7. The average Bonchev–Trinajstić information content (AvgIpc) is 3.00. The highest BCUT2D eigenvalue weighted by molar-refractivity contribution is 7.87. The number of para-hydroxylation sites is 1. The third kappa shape index (κ3) is 3.25. The maximum atomic E-state index is 13.0. The molecule has 2 heterocycles. The molecule has 2 aromatic carbocycles. The van der Waals surface area contributed by atoms with E-state index in [1.54, 1.807) is 31.3 Å². The fourth-order valence-electron chi connectivity index (χ4n) is 3.19. The van der Waals surface area contributed by atoms with Gasteiger partial charge in [0.25, 0.3) is 0 Å². The van der Waals surface area contributed by atoms with Gasteiger partial charge in [0.1, 0.15) is 4.90 Å². The number of hydrogen-bond donors (Lipinski definition) is 0. The Morgan fingerprint density at radius 1 is 0.964 bits per heavy atom. The molecular formula is C21H19N3O3S. The van der Waals surface area contributed by atoms with Crippen molar-refractivity contribution in [3.8, 4) is 11.6 Å². The summed E-state index contributed by atoms with van der Waals surface area (Å²) in [6.45, 7) is 5.74. The van der Waals surface area contributed by atoms with Crippen molar-refractivity contribution < 1.29 is 12.6 Å². The van der Waals surface area contributed by atoms with E-state index in [1.165, 1.54) is 10.7 Å². The summed E-state index contributed by atoms with van der Waals surface area (Å²) >= 11 is 0. The van der Waals surface area contributed by atoms with Gasteiger partial charge in [-0.2, -0.15) is 18.2 Å². The van der Waals surface area contributed by atoms with Gasteiger partial charge in [0.15, 0.2) is 0 Å². The zero-order valence-electron chi connectivity index (χ0n) is 15.7. The summed E-state index contributed by atoms with van der Waals surface area (Å²) in [7, 11) is -4.10. The van der Waals surface area contributed by atoms with Crippen molar-refractivity contribution in [1.82, 2.24) is 14.8 Å². The van der Waals surface area contributed by atoms with Gasteiger partial charge >= 0.3 is 10.1 Å². The van der Waals surface area contributed by atoms with Crippen molar-refractivity contribution in [3.63, 3.8) is 0 Å². The first kappa shape index (κ1) is 18.2. The van der Waals surface area contributed by atoms with Crippen LogP contribution in [0.1, 0.15) is 16.8 Å². The summed E-state index contributed by atoms with van der Waals surface area (Å²) in [5.41, 5.74) is 3.87. The number of aromatic nitrogens is 3. The molecular weight excluding hydrogens is 374 g/mol. The van der Waals surface area contributed by atoms with Gasteiger partial charge in [-0.25, -0.2) is 0 Å². The molecule has 0 spiro atoms. The van der Waals surface area contributed by atoms with Crippen LogP contribution in [0.25, 0.3) is 16.6 Å². The van der Waals surface area contributed by atoms with Crippen LogP contribution in [-0.2, 0) is 10.1 Å². The number of rotatable bonds is 4. The lowest BCUT2D eigenvalue weighted by Gasteiger charge is -2.12. The SMILES string of the molecule is Cc1ccc(-n2nc(C)cc2OS(=O)(=O)c2cccc3cccnc23)c(C)c1. The number of fused-ring (bicyclic) bond motifs is 1. The smallest absolute Gasteiger partial charge is 0.342 e.